The van der Waals surface area contributed by atoms with Crippen LogP contribution in [-0.4, -0.2) is 10.1 Å². The molecule has 12 heavy (non-hydrogen) atoms. The Labute approximate surface area is 71.1 Å². The molecule has 0 aliphatic rings. The highest BCUT2D eigenvalue weighted by Gasteiger charge is 2.12. The predicted molar refractivity (Wildman–Crippen MR) is 45.2 cm³/mol. The second-order valence-corrected chi connectivity index (χ2v) is 2.74. The van der Waals surface area contributed by atoms with Crippen molar-refractivity contribution in [2.75, 3.05) is 5.73 Å². The van der Waals surface area contributed by atoms with Crippen LogP contribution in [0, 0.1) is 0 Å². The molecule has 0 saturated heterocycles. The summed E-state index contributed by atoms with van der Waals surface area (Å²) in [7, 11) is 0. The minimum atomic E-state index is -0.172. The van der Waals surface area contributed by atoms with Crippen molar-refractivity contribution in [2.24, 2.45) is 5.73 Å². The first-order chi connectivity index (χ1) is 5.74. The smallest absolute Gasteiger partial charge is 0.260 e. The topological polar surface area (TPSA) is 91.0 Å². The summed E-state index contributed by atoms with van der Waals surface area (Å²) in [5.41, 5.74) is 11.0. The number of anilines is 1. The van der Waals surface area contributed by atoms with Crippen LogP contribution in [-0.2, 0) is 0 Å². The minimum Gasteiger partial charge on any atom is -0.365 e. The summed E-state index contributed by atoms with van der Waals surface area (Å²) in [6, 6.07) is -0.172. The highest BCUT2D eigenvalue weighted by Crippen LogP contribution is 2.14. The zero-order valence-electron chi connectivity index (χ0n) is 7.16. The first kappa shape index (κ1) is 8.99. The molecule has 0 bridgehead atoms. The third kappa shape index (κ3) is 2.20. The van der Waals surface area contributed by atoms with Gasteiger partial charge in [0.15, 0.2) is 0 Å². The summed E-state index contributed by atoms with van der Waals surface area (Å²) in [5, 5.41) is 3.46. The van der Waals surface area contributed by atoms with E-state index >= 15 is 0 Å². The van der Waals surface area contributed by atoms with Gasteiger partial charge >= 0.3 is 0 Å². The van der Waals surface area contributed by atoms with Gasteiger partial charge in [0.2, 0.25) is 5.89 Å². The number of hydrogen-bond donors (Lipinski definition) is 2. The first-order valence-corrected chi connectivity index (χ1v) is 4.08. The van der Waals surface area contributed by atoms with Gasteiger partial charge in [0.1, 0.15) is 0 Å². The molecule has 0 aliphatic heterocycles. The fraction of sp³-hybridized carbons (Fsp3) is 0.714. The molecule has 5 heteroatoms. The van der Waals surface area contributed by atoms with Gasteiger partial charge in [-0.2, -0.15) is 4.98 Å². The average Bonchev–Trinajstić information content (AvgIpc) is 2.47. The Hall–Kier alpha value is -1.10. The van der Waals surface area contributed by atoms with Crippen LogP contribution in [0.3, 0.4) is 0 Å². The van der Waals surface area contributed by atoms with Gasteiger partial charge in [-0.15, -0.1) is 0 Å². The Morgan fingerprint density at radius 1 is 1.58 bits per heavy atom. The number of hydrogen-bond acceptors (Lipinski definition) is 5. The fourth-order valence-electron chi connectivity index (χ4n) is 0.945. The minimum absolute atomic E-state index is 0.150. The summed E-state index contributed by atoms with van der Waals surface area (Å²) < 4.78 is 4.81. The molecule has 5 nitrogen and oxygen atoms in total. The van der Waals surface area contributed by atoms with E-state index in [2.05, 4.69) is 17.1 Å². The maximum absolute atomic E-state index is 5.74. The van der Waals surface area contributed by atoms with E-state index in [4.69, 9.17) is 16.0 Å². The van der Waals surface area contributed by atoms with Gasteiger partial charge in [-0.05, 0) is 11.6 Å². The van der Waals surface area contributed by atoms with Gasteiger partial charge in [-0.3, -0.25) is 0 Å². The van der Waals surface area contributed by atoms with Crippen LogP contribution in [0.4, 0.5) is 5.95 Å². The maximum Gasteiger partial charge on any atom is 0.260 e. The molecule has 0 aliphatic carbocycles. The van der Waals surface area contributed by atoms with Gasteiger partial charge in [-0.1, -0.05) is 19.8 Å². The van der Waals surface area contributed by atoms with Crippen molar-refractivity contribution in [2.45, 2.75) is 32.2 Å². The number of nitrogens with zero attached hydrogens (tertiary/aromatic N) is 2. The Balaban J connectivity index is 2.47. The Morgan fingerprint density at radius 2 is 2.33 bits per heavy atom. The molecule has 1 heterocycles. The highest BCUT2D eigenvalue weighted by molar-refractivity contribution is 5.11. The third-order valence-corrected chi connectivity index (χ3v) is 1.64. The van der Waals surface area contributed by atoms with E-state index < -0.39 is 0 Å². The average molecular weight is 170 g/mol. The van der Waals surface area contributed by atoms with Crippen LogP contribution in [0.5, 0.6) is 0 Å². The summed E-state index contributed by atoms with van der Waals surface area (Å²) in [6.07, 6.45) is 3.03. The molecule has 0 saturated carbocycles. The van der Waals surface area contributed by atoms with Crippen LogP contribution < -0.4 is 11.5 Å². The molecule has 1 rings (SSSR count). The lowest BCUT2D eigenvalue weighted by Crippen LogP contribution is -2.10. The number of nitrogens with two attached hydrogens (primary N) is 2. The molecular formula is C7H14N4O. The molecule has 68 valence electrons. The molecular weight excluding hydrogens is 156 g/mol. The SMILES string of the molecule is CCCCC(N)c1nc(N)no1. The highest BCUT2D eigenvalue weighted by atomic mass is 16.5. The first-order valence-electron chi connectivity index (χ1n) is 4.08. The van der Waals surface area contributed by atoms with E-state index in [1.54, 1.807) is 0 Å². The van der Waals surface area contributed by atoms with Crippen molar-refractivity contribution < 1.29 is 4.52 Å². The number of rotatable bonds is 4. The van der Waals surface area contributed by atoms with Gasteiger partial charge in [0.05, 0.1) is 6.04 Å². The Morgan fingerprint density at radius 3 is 2.83 bits per heavy atom. The number of aromatic nitrogens is 2. The van der Waals surface area contributed by atoms with Gasteiger partial charge < -0.3 is 16.0 Å². The molecule has 4 N–H and O–H groups in total. The van der Waals surface area contributed by atoms with E-state index in [1.165, 1.54) is 0 Å². The lowest BCUT2D eigenvalue weighted by atomic mass is 10.1. The predicted octanol–water partition coefficient (Wildman–Crippen LogP) is 0.842. The van der Waals surface area contributed by atoms with Crippen molar-refractivity contribution in [3.05, 3.63) is 5.89 Å². The monoisotopic (exact) mass is 170 g/mol. The maximum atomic E-state index is 5.74. The molecule has 0 fully saturated rings. The van der Waals surface area contributed by atoms with E-state index in [-0.39, 0.29) is 12.0 Å². The van der Waals surface area contributed by atoms with Gasteiger partial charge in [0.25, 0.3) is 5.95 Å². The van der Waals surface area contributed by atoms with Crippen molar-refractivity contribution in [1.82, 2.24) is 10.1 Å². The van der Waals surface area contributed by atoms with Gasteiger partial charge in [-0.25, -0.2) is 0 Å². The zero-order valence-corrected chi connectivity index (χ0v) is 7.16. The second-order valence-electron chi connectivity index (χ2n) is 2.74. The Bertz CT molecular complexity index is 235. The summed E-state index contributed by atoms with van der Waals surface area (Å²) in [5.74, 6) is 0.581. The number of unbranched alkanes of at least 4 members (excludes halogenated alkanes) is 1. The van der Waals surface area contributed by atoms with Crippen LogP contribution in [0.15, 0.2) is 4.52 Å². The second kappa shape index (κ2) is 4.06. The summed E-state index contributed by atoms with van der Waals surface area (Å²) in [6.45, 7) is 2.11. The summed E-state index contributed by atoms with van der Waals surface area (Å²) >= 11 is 0. The van der Waals surface area contributed by atoms with Crippen molar-refractivity contribution >= 4 is 5.95 Å². The Kier molecular flexibility index (Phi) is 3.04. The van der Waals surface area contributed by atoms with Crippen LogP contribution >= 0.6 is 0 Å². The van der Waals surface area contributed by atoms with E-state index in [1.807, 2.05) is 0 Å². The van der Waals surface area contributed by atoms with E-state index in [9.17, 15) is 0 Å². The molecule has 0 spiro atoms. The molecule has 1 unspecified atom stereocenters. The van der Waals surface area contributed by atoms with E-state index in [0.29, 0.717) is 5.89 Å². The van der Waals surface area contributed by atoms with Crippen LogP contribution in [0.2, 0.25) is 0 Å². The lowest BCUT2D eigenvalue weighted by molar-refractivity contribution is 0.347. The lowest BCUT2D eigenvalue weighted by Gasteiger charge is -2.03. The molecule has 1 aromatic rings. The van der Waals surface area contributed by atoms with Crippen molar-refractivity contribution in [3.63, 3.8) is 0 Å². The molecule has 1 aromatic heterocycles. The van der Waals surface area contributed by atoms with Gasteiger partial charge in [0, 0.05) is 0 Å². The number of nitrogen functional groups attached to an aromatic ring is 1. The summed E-state index contributed by atoms with van der Waals surface area (Å²) in [4.78, 5) is 3.84. The fourth-order valence-corrected chi connectivity index (χ4v) is 0.945. The van der Waals surface area contributed by atoms with Crippen molar-refractivity contribution in [3.8, 4) is 0 Å². The third-order valence-electron chi connectivity index (χ3n) is 1.64. The molecule has 1 atom stereocenters. The molecule has 0 radical (unpaired) electrons. The van der Waals surface area contributed by atoms with Crippen LogP contribution in [0.1, 0.15) is 38.1 Å². The van der Waals surface area contributed by atoms with Crippen molar-refractivity contribution in [1.29, 1.82) is 0 Å². The molecule has 0 aromatic carbocycles. The quantitative estimate of drug-likeness (QED) is 0.698. The zero-order chi connectivity index (χ0) is 8.97. The van der Waals surface area contributed by atoms with E-state index in [0.717, 1.165) is 19.3 Å². The largest absolute Gasteiger partial charge is 0.365 e. The van der Waals surface area contributed by atoms with Crippen LogP contribution in [0.25, 0.3) is 0 Å². The normalized spacial score (nSPS) is 13.2. The standard InChI is InChI=1S/C7H14N4O/c1-2-3-4-5(8)6-10-7(9)11-12-6/h5H,2-4,8H2,1H3,(H2,9,11). The molecule has 0 amide bonds.